The Balaban J connectivity index is 2.21. The summed E-state index contributed by atoms with van der Waals surface area (Å²) >= 11 is 0. The van der Waals surface area contributed by atoms with Crippen molar-refractivity contribution in [3.63, 3.8) is 0 Å². The van der Waals surface area contributed by atoms with Crippen LogP contribution in [-0.4, -0.2) is 9.97 Å². The van der Waals surface area contributed by atoms with Gasteiger partial charge in [-0.05, 0) is 19.3 Å². The molecule has 0 radical (unpaired) electrons. The van der Waals surface area contributed by atoms with Crippen molar-refractivity contribution in [1.29, 1.82) is 0 Å². The van der Waals surface area contributed by atoms with Gasteiger partial charge in [0, 0.05) is 17.7 Å². The second kappa shape index (κ2) is 3.95. The normalized spacial score (nSPS) is 16.6. The number of anilines is 1. The topological polar surface area (TPSA) is 51.8 Å². The zero-order valence-electron chi connectivity index (χ0n) is 8.66. The first-order valence-corrected chi connectivity index (χ1v) is 5.43. The number of nitrogen functional groups attached to an aromatic ring is 1. The molecule has 1 heterocycles. The Hall–Kier alpha value is -1.12. The van der Waals surface area contributed by atoms with E-state index in [1.165, 1.54) is 19.3 Å². The molecule has 1 fully saturated rings. The number of aromatic nitrogens is 2. The van der Waals surface area contributed by atoms with Crippen LogP contribution in [0, 0.1) is 0 Å². The van der Waals surface area contributed by atoms with Crippen LogP contribution in [0.15, 0.2) is 6.07 Å². The van der Waals surface area contributed by atoms with E-state index in [0.717, 1.165) is 24.4 Å². The lowest BCUT2D eigenvalue weighted by atomic mass is 9.85. The molecule has 76 valence electrons. The van der Waals surface area contributed by atoms with Crippen molar-refractivity contribution < 1.29 is 0 Å². The van der Waals surface area contributed by atoms with Gasteiger partial charge in [-0.3, -0.25) is 0 Å². The summed E-state index contributed by atoms with van der Waals surface area (Å²) in [7, 11) is 0. The summed E-state index contributed by atoms with van der Waals surface area (Å²) in [6.45, 7) is 2.15. The summed E-state index contributed by atoms with van der Waals surface area (Å²) < 4.78 is 0. The van der Waals surface area contributed by atoms with Crippen LogP contribution in [0.25, 0.3) is 0 Å². The van der Waals surface area contributed by atoms with E-state index < -0.39 is 0 Å². The fraction of sp³-hybridized carbons (Fsp3) is 0.636. The number of rotatable bonds is 3. The van der Waals surface area contributed by atoms with E-state index in [9.17, 15) is 0 Å². The Morgan fingerprint density at radius 1 is 1.43 bits per heavy atom. The number of nitrogens with two attached hydrogens (primary N) is 1. The van der Waals surface area contributed by atoms with Gasteiger partial charge in [0.2, 0.25) is 0 Å². The van der Waals surface area contributed by atoms with Crippen molar-refractivity contribution in [2.45, 2.75) is 44.9 Å². The SMILES string of the molecule is CCCc1cc(N)nc(C2CCC2)n1. The zero-order valence-corrected chi connectivity index (χ0v) is 8.66. The number of hydrogen-bond acceptors (Lipinski definition) is 3. The van der Waals surface area contributed by atoms with Gasteiger partial charge in [-0.1, -0.05) is 19.8 Å². The molecule has 1 aliphatic carbocycles. The van der Waals surface area contributed by atoms with E-state index in [4.69, 9.17) is 5.73 Å². The van der Waals surface area contributed by atoms with Crippen molar-refractivity contribution >= 4 is 5.82 Å². The summed E-state index contributed by atoms with van der Waals surface area (Å²) in [6.07, 6.45) is 5.89. The first-order chi connectivity index (χ1) is 6.79. The molecule has 0 aromatic carbocycles. The van der Waals surface area contributed by atoms with Gasteiger partial charge in [0.05, 0.1) is 0 Å². The molecule has 0 saturated heterocycles. The molecule has 1 aromatic rings. The average molecular weight is 191 g/mol. The van der Waals surface area contributed by atoms with Crippen molar-refractivity contribution in [2.24, 2.45) is 0 Å². The van der Waals surface area contributed by atoms with Crippen LogP contribution in [0.2, 0.25) is 0 Å². The third-order valence-corrected chi connectivity index (χ3v) is 2.79. The van der Waals surface area contributed by atoms with Crippen molar-refractivity contribution in [2.75, 3.05) is 5.73 Å². The van der Waals surface area contributed by atoms with Gasteiger partial charge >= 0.3 is 0 Å². The van der Waals surface area contributed by atoms with Gasteiger partial charge in [-0.2, -0.15) is 0 Å². The number of hydrogen-bond donors (Lipinski definition) is 1. The van der Waals surface area contributed by atoms with Crippen LogP contribution in [-0.2, 0) is 6.42 Å². The van der Waals surface area contributed by atoms with Gasteiger partial charge < -0.3 is 5.73 Å². The monoisotopic (exact) mass is 191 g/mol. The summed E-state index contributed by atoms with van der Waals surface area (Å²) in [5.41, 5.74) is 6.85. The third-order valence-electron chi connectivity index (χ3n) is 2.79. The average Bonchev–Trinajstić information content (AvgIpc) is 1.99. The highest BCUT2D eigenvalue weighted by Gasteiger charge is 2.22. The Kier molecular flexibility index (Phi) is 2.66. The molecule has 3 nitrogen and oxygen atoms in total. The Bertz CT molecular complexity index is 318. The van der Waals surface area contributed by atoms with Gasteiger partial charge in [0.25, 0.3) is 0 Å². The van der Waals surface area contributed by atoms with Crippen LogP contribution < -0.4 is 5.73 Å². The van der Waals surface area contributed by atoms with Gasteiger partial charge in [-0.25, -0.2) is 9.97 Å². The molecule has 0 spiro atoms. The Morgan fingerprint density at radius 3 is 2.79 bits per heavy atom. The maximum atomic E-state index is 5.76. The number of nitrogens with zero attached hydrogens (tertiary/aromatic N) is 2. The molecule has 14 heavy (non-hydrogen) atoms. The molecule has 0 amide bonds. The highest BCUT2D eigenvalue weighted by atomic mass is 15.0. The van der Waals surface area contributed by atoms with E-state index in [1.54, 1.807) is 0 Å². The summed E-state index contributed by atoms with van der Waals surface area (Å²) in [4.78, 5) is 8.86. The lowest BCUT2D eigenvalue weighted by molar-refractivity contribution is 0.400. The maximum Gasteiger partial charge on any atom is 0.134 e. The van der Waals surface area contributed by atoms with Crippen molar-refractivity contribution in [3.8, 4) is 0 Å². The molecule has 3 heteroatoms. The van der Waals surface area contributed by atoms with E-state index in [2.05, 4.69) is 16.9 Å². The van der Waals surface area contributed by atoms with E-state index in [0.29, 0.717) is 11.7 Å². The molecule has 0 atom stereocenters. The van der Waals surface area contributed by atoms with E-state index in [1.807, 2.05) is 6.07 Å². The first-order valence-electron chi connectivity index (χ1n) is 5.43. The molecule has 1 aliphatic rings. The lowest BCUT2D eigenvalue weighted by Gasteiger charge is -2.24. The molecular weight excluding hydrogens is 174 g/mol. The van der Waals surface area contributed by atoms with Gasteiger partial charge in [0.15, 0.2) is 0 Å². The van der Waals surface area contributed by atoms with E-state index in [-0.39, 0.29) is 0 Å². The number of aryl methyl sites for hydroxylation is 1. The Labute approximate surface area is 84.8 Å². The van der Waals surface area contributed by atoms with Crippen LogP contribution in [0.4, 0.5) is 5.82 Å². The molecule has 1 saturated carbocycles. The third kappa shape index (κ3) is 1.86. The molecular formula is C11H17N3. The van der Waals surface area contributed by atoms with E-state index >= 15 is 0 Å². The maximum absolute atomic E-state index is 5.76. The largest absolute Gasteiger partial charge is 0.384 e. The molecule has 0 bridgehead atoms. The zero-order chi connectivity index (χ0) is 9.97. The second-order valence-corrected chi connectivity index (χ2v) is 4.02. The molecule has 0 unspecified atom stereocenters. The van der Waals surface area contributed by atoms with Crippen molar-refractivity contribution in [1.82, 2.24) is 9.97 Å². The summed E-state index contributed by atoms with van der Waals surface area (Å²) in [6, 6.07) is 1.89. The fourth-order valence-corrected chi connectivity index (χ4v) is 1.77. The van der Waals surface area contributed by atoms with Crippen molar-refractivity contribution in [3.05, 3.63) is 17.6 Å². The predicted octanol–water partition coefficient (Wildman–Crippen LogP) is 2.28. The second-order valence-electron chi connectivity index (χ2n) is 4.02. The highest BCUT2D eigenvalue weighted by Crippen LogP contribution is 2.34. The molecule has 2 rings (SSSR count). The summed E-state index contributed by atoms with van der Waals surface area (Å²) in [5.74, 6) is 2.18. The quantitative estimate of drug-likeness (QED) is 0.797. The Morgan fingerprint density at radius 2 is 2.21 bits per heavy atom. The lowest BCUT2D eigenvalue weighted by Crippen LogP contribution is -2.14. The standard InChI is InChI=1S/C11H17N3/c1-2-4-9-7-10(12)14-11(13-9)8-5-3-6-8/h7-8H,2-6H2,1H3,(H2,12,13,14). The van der Waals surface area contributed by atoms with Gasteiger partial charge in [-0.15, -0.1) is 0 Å². The highest BCUT2D eigenvalue weighted by molar-refractivity contribution is 5.30. The minimum Gasteiger partial charge on any atom is -0.384 e. The van der Waals surface area contributed by atoms with Crippen LogP contribution in [0.5, 0.6) is 0 Å². The minimum atomic E-state index is 0.578. The first kappa shape index (κ1) is 9.44. The predicted molar refractivity (Wildman–Crippen MR) is 57.0 cm³/mol. The minimum absolute atomic E-state index is 0.578. The van der Waals surface area contributed by atoms with Crippen LogP contribution >= 0.6 is 0 Å². The molecule has 0 aliphatic heterocycles. The molecule has 1 aromatic heterocycles. The van der Waals surface area contributed by atoms with Crippen LogP contribution in [0.1, 0.15) is 50.0 Å². The smallest absolute Gasteiger partial charge is 0.134 e. The fourth-order valence-electron chi connectivity index (χ4n) is 1.77. The van der Waals surface area contributed by atoms with Crippen LogP contribution in [0.3, 0.4) is 0 Å². The van der Waals surface area contributed by atoms with Gasteiger partial charge in [0.1, 0.15) is 11.6 Å². The summed E-state index contributed by atoms with van der Waals surface area (Å²) in [5, 5.41) is 0. The molecule has 2 N–H and O–H groups in total.